The number of amides is 1. The molecule has 0 aliphatic rings. The van der Waals surface area contributed by atoms with E-state index in [9.17, 15) is 14.9 Å². The topological polar surface area (TPSA) is 86.2 Å². The molecule has 0 aliphatic carbocycles. The quantitative estimate of drug-likeness (QED) is 0.603. The lowest BCUT2D eigenvalue weighted by Crippen LogP contribution is -2.11. The second-order valence-electron chi connectivity index (χ2n) is 2.89. The van der Waals surface area contributed by atoms with Crippen LogP contribution >= 0.6 is 0 Å². The number of hydrogen-bond acceptors (Lipinski definition) is 3. The van der Waals surface area contributed by atoms with E-state index in [1.165, 1.54) is 18.2 Å². The monoisotopic (exact) mass is 206 g/mol. The molecule has 0 heterocycles. The minimum absolute atomic E-state index is 0.121. The number of rotatable bonds is 3. The van der Waals surface area contributed by atoms with Crippen molar-refractivity contribution in [3.63, 3.8) is 0 Å². The maximum atomic E-state index is 10.8. The molecule has 0 saturated heterocycles. The molecule has 1 rings (SSSR count). The molecule has 0 unspecified atom stereocenters. The Morgan fingerprint density at radius 1 is 1.53 bits per heavy atom. The molecule has 0 aliphatic heterocycles. The van der Waals surface area contributed by atoms with Crippen LogP contribution < -0.4 is 5.73 Å². The highest BCUT2D eigenvalue weighted by molar-refractivity contribution is 5.94. The van der Waals surface area contributed by atoms with E-state index in [0.717, 1.165) is 0 Å². The molecule has 1 amide bonds. The number of hydrogen-bond donors (Lipinski definition) is 1. The van der Waals surface area contributed by atoms with Crippen molar-refractivity contribution in [1.82, 2.24) is 0 Å². The average Bonchev–Trinajstić information content (AvgIpc) is 2.18. The van der Waals surface area contributed by atoms with Crippen LogP contribution in [0.5, 0.6) is 0 Å². The highest BCUT2D eigenvalue weighted by atomic mass is 16.6. The van der Waals surface area contributed by atoms with E-state index in [-0.39, 0.29) is 11.3 Å². The zero-order chi connectivity index (χ0) is 11.4. The van der Waals surface area contributed by atoms with E-state index in [4.69, 9.17) is 5.73 Å². The lowest BCUT2D eigenvalue weighted by Gasteiger charge is -1.99. The zero-order valence-electron chi connectivity index (χ0n) is 8.14. The minimum atomic E-state index is -0.676. The molecular weight excluding hydrogens is 196 g/mol. The normalized spacial score (nSPS) is 10.5. The van der Waals surface area contributed by atoms with Gasteiger partial charge in [-0.2, -0.15) is 0 Å². The molecule has 1 aromatic carbocycles. The largest absolute Gasteiger partial charge is 0.366 e. The van der Waals surface area contributed by atoms with Gasteiger partial charge in [0.2, 0.25) is 5.91 Å². The number of benzene rings is 1. The molecule has 78 valence electrons. The van der Waals surface area contributed by atoms with E-state index in [2.05, 4.69) is 0 Å². The van der Waals surface area contributed by atoms with Crippen LogP contribution in [0.25, 0.3) is 6.08 Å². The molecule has 0 bridgehead atoms. The highest BCUT2D eigenvalue weighted by Crippen LogP contribution is 2.21. The number of nitro benzene ring substituents is 1. The van der Waals surface area contributed by atoms with Crippen LogP contribution in [0.1, 0.15) is 22.8 Å². The van der Waals surface area contributed by atoms with Gasteiger partial charge in [0, 0.05) is 11.6 Å². The first kappa shape index (κ1) is 10.9. The Hall–Kier alpha value is -2.17. The molecule has 2 N–H and O–H groups in total. The second-order valence-corrected chi connectivity index (χ2v) is 2.89. The standard InChI is InChI=1S/C10H10N2O3/c1-2-3-7-4-5-8(10(11)13)6-9(7)12(14)15/h2-6H,1H3,(H2,11,13)/b3-2+. The molecule has 5 nitrogen and oxygen atoms in total. The Morgan fingerprint density at radius 3 is 2.67 bits per heavy atom. The lowest BCUT2D eigenvalue weighted by molar-refractivity contribution is -0.385. The number of carbonyl (C=O) groups is 1. The number of nitro groups is 1. The van der Waals surface area contributed by atoms with Crippen LogP contribution in [0.4, 0.5) is 5.69 Å². The fourth-order valence-corrected chi connectivity index (χ4v) is 1.18. The highest BCUT2D eigenvalue weighted by Gasteiger charge is 2.14. The zero-order valence-corrected chi connectivity index (χ0v) is 8.14. The fourth-order valence-electron chi connectivity index (χ4n) is 1.18. The molecule has 15 heavy (non-hydrogen) atoms. The Kier molecular flexibility index (Phi) is 3.17. The molecule has 0 radical (unpaired) electrons. The third-order valence-electron chi connectivity index (χ3n) is 1.86. The summed E-state index contributed by atoms with van der Waals surface area (Å²) in [6.07, 6.45) is 3.29. The first-order chi connectivity index (χ1) is 7.06. The molecule has 5 heteroatoms. The number of carbonyl (C=O) groups excluding carboxylic acids is 1. The molecule has 0 atom stereocenters. The third kappa shape index (κ3) is 2.40. The summed E-state index contributed by atoms with van der Waals surface area (Å²) in [6.45, 7) is 1.76. The van der Waals surface area contributed by atoms with Gasteiger partial charge in [-0.15, -0.1) is 0 Å². The van der Waals surface area contributed by atoms with Crippen molar-refractivity contribution in [3.8, 4) is 0 Å². The van der Waals surface area contributed by atoms with Crippen LogP contribution in [-0.2, 0) is 0 Å². The number of primary amides is 1. The Bertz CT molecular complexity index is 438. The number of nitrogens with zero attached hydrogens (tertiary/aromatic N) is 1. The van der Waals surface area contributed by atoms with Crippen molar-refractivity contribution in [1.29, 1.82) is 0 Å². The van der Waals surface area contributed by atoms with Crippen molar-refractivity contribution in [2.75, 3.05) is 0 Å². The molecule has 0 saturated carbocycles. The van der Waals surface area contributed by atoms with Crippen molar-refractivity contribution < 1.29 is 9.72 Å². The summed E-state index contributed by atoms with van der Waals surface area (Å²) in [4.78, 5) is 21.0. The van der Waals surface area contributed by atoms with Gasteiger partial charge in [0.1, 0.15) is 0 Å². The fraction of sp³-hybridized carbons (Fsp3) is 0.100. The first-order valence-electron chi connectivity index (χ1n) is 4.27. The van der Waals surface area contributed by atoms with E-state index >= 15 is 0 Å². The van der Waals surface area contributed by atoms with Crippen molar-refractivity contribution in [2.45, 2.75) is 6.92 Å². The molecule has 0 spiro atoms. The van der Waals surface area contributed by atoms with Crippen molar-refractivity contribution >= 4 is 17.7 Å². The molecule has 0 fully saturated rings. The summed E-state index contributed by atoms with van der Waals surface area (Å²) in [5.41, 5.74) is 5.49. The maximum Gasteiger partial charge on any atom is 0.277 e. The van der Waals surface area contributed by atoms with Gasteiger partial charge in [-0.05, 0) is 19.1 Å². The lowest BCUT2D eigenvalue weighted by atomic mass is 10.1. The van der Waals surface area contributed by atoms with Gasteiger partial charge in [0.05, 0.1) is 10.5 Å². The summed E-state index contributed by atoms with van der Waals surface area (Å²) in [5.74, 6) is -0.676. The van der Waals surface area contributed by atoms with Crippen molar-refractivity contribution in [3.05, 3.63) is 45.5 Å². The van der Waals surface area contributed by atoms with Gasteiger partial charge in [0.15, 0.2) is 0 Å². The summed E-state index contributed by atoms with van der Waals surface area (Å²) < 4.78 is 0. The van der Waals surface area contributed by atoms with E-state index in [0.29, 0.717) is 5.56 Å². The van der Waals surface area contributed by atoms with Crippen LogP contribution in [0.3, 0.4) is 0 Å². The van der Waals surface area contributed by atoms with Crippen LogP contribution in [0.2, 0.25) is 0 Å². The number of allylic oxidation sites excluding steroid dienone is 1. The van der Waals surface area contributed by atoms with Crippen molar-refractivity contribution in [2.24, 2.45) is 5.73 Å². The average molecular weight is 206 g/mol. The minimum Gasteiger partial charge on any atom is -0.366 e. The second kappa shape index (κ2) is 4.36. The SMILES string of the molecule is C/C=C/c1ccc(C(N)=O)cc1[N+](=O)[O-]. The predicted octanol–water partition coefficient (Wildman–Crippen LogP) is 1.73. The maximum absolute atomic E-state index is 10.8. The van der Waals surface area contributed by atoms with Gasteiger partial charge in [-0.25, -0.2) is 0 Å². The summed E-state index contributed by atoms with van der Waals surface area (Å²) in [5, 5.41) is 10.7. The Balaban J connectivity index is 3.33. The van der Waals surface area contributed by atoms with E-state index in [1.807, 2.05) is 0 Å². The molecule has 0 aromatic heterocycles. The predicted molar refractivity (Wildman–Crippen MR) is 56.3 cm³/mol. The van der Waals surface area contributed by atoms with Crippen LogP contribution in [0.15, 0.2) is 24.3 Å². The summed E-state index contributed by atoms with van der Waals surface area (Å²) in [6, 6.07) is 4.14. The van der Waals surface area contributed by atoms with Gasteiger partial charge in [-0.1, -0.05) is 12.2 Å². The summed E-state index contributed by atoms with van der Waals surface area (Å²) in [7, 11) is 0. The van der Waals surface area contributed by atoms with Gasteiger partial charge in [0.25, 0.3) is 5.69 Å². The van der Waals surface area contributed by atoms with Gasteiger partial charge in [-0.3, -0.25) is 14.9 Å². The Labute approximate surface area is 86.4 Å². The Morgan fingerprint density at radius 2 is 2.20 bits per heavy atom. The van der Waals surface area contributed by atoms with Gasteiger partial charge >= 0.3 is 0 Å². The van der Waals surface area contributed by atoms with E-state index < -0.39 is 10.8 Å². The molecular formula is C10H10N2O3. The van der Waals surface area contributed by atoms with E-state index in [1.54, 1.807) is 19.1 Å². The summed E-state index contributed by atoms with van der Waals surface area (Å²) >= 11 is 0. The smallest absolute Gasteiger partial charge is 0.277 e. The van der Waals surface area contributed by atoms with Gasteiger partial charge < -0.3 is 5.73 Å². The first-order valence-corrected chi connectivity index (χ1v) is 4.27. The van der Waals surface area contributed by atoms with Crippen LogP contribution in [-0.4, -0.2) is 10.8 Å². The van der Waals surface area contributed by atoms with Crippen LogP contribution in [0, 0.1) is 10.1 Å². The third-order valence-corrected chi connectivity index (χ3v) is 1.86. The number of nitrogens with two attached hydrogens (primary N) is 1. The molecule has 1 aromatic rings.